The molecule has 0 saturated carbocycles. The lowest BCUT2D eigenvalue weighted by Gasteiger charge is -2.35. The first-order chi connectivity index (χ1) is 12.8. The van der Waals surface area contributed by atoms with Gasteiger partial charge in [-0.3, -0.25) is 0 Å². The maximum absolute atomic E-state index is 6.23. The van der Waals surface area contributed by atoms with Crippen LogP contribution in [0, 0.1) is 20.8 Å². The molecule has 0 unspecified atom stereocenters. The monoisotopic (exact) mass is 357 g/mol. The van der Waals surface area contributed by atoms with Crippen molar-refractivity contribution in [3.63, 3.8) is 0 Å². The highest BCUT2D eigenvalue weighted by Crippen LogP contribution is 2.52. The van der Waals surface area contributed by atoms with Gasteiger partial charge >= 0.3 is 0 Å². The van der Waals surface area contributed by atoms with Gasteiger partial charge in [0.05, 0.1) is 17.1 Å². The molecule has 0 aromatic heterocycles. The Morgan fingerprint density at radius 3 is 2.04 bits per heavy atom. The van der Waals surface area contributed by atoms with Gasteiger partial charge in [-0.1, -0.05) is 51.1 Å². The third kappa shape index (κ3) is 2.99. The number of aryl methyl sites for hydroxylation is 3. The largest absolute Gasteiger partial charge is 0.453 e. The topological polar surface area (TPSA) is 12.5 Å². The average molecular weight is 357 g/mol. The number of rotatable bonds is 1. The lowest BCUT2D eigenvalue weighted by atomic mass is 9.84. The van der Waals surface area contributed by atoms with Crippen molar-refractivity contribution in [2.45, 2.75) is 47.0 Å². The molecule has 0 N–H and O–H groups in total. The van der Waals surface area contributed by atoms with Gasteiger partial charge in [0, 0.05) is 0 Å². The van der Waals surface area contributed by atoms with E-state index in [9.17, 15) is 0 Å². The highest BCUT2D eigenvalue weighted by atomic mass is 16.5. The molecule has 1 aliphatic heterocycles. The Morgan fingerprint density at radius 1 is 0.741 bits per heavy atom. The van der Waals surface area contributed by atoms with Crippen molar-refractivity contribution in [2.24, 2.45) is 0 Å². The fourth-order valence-corrected chi connectivity index (χ4v) is 3.85. The van der Waals surface area contributed by atoms with Gasteiger partial charge in [-0.2, -0.15) is 0 Å². The van der Waals surface area contributed by atoms with Crippen molar-refractivity contribution >= 4 is 17.1 Å². The Bertz CT molecular complexity index is 1000. The summed E-state index contributed by atoms with van der Waals surface area (Å²) < 4.78 is 6.23. The van der Waals surface area contributed by atoms with E-state index in [1.165, 1.54) is 27.9 Å². The van der Waals surface area contributed by atoms with E-state index < -0.39 is 0 Å². The number of para-hydroxylation sites is 2. The summed E-state index contributed by atoms with van der Waals surface area (Å²) in [5.41, 5.74) is 8.68. The van der Waals surface area contributed by atoms with Gasteiger partial charge in [-0.05, 0) is 72.7 Å². The van der Waals surface area contributed by atoms with Crippen molar-refractivity contribution in [3.8, 4) is 11.5 Å². The molecule has 0 saturated heterocycles. The van der Waals surface area contributed by atoms with Crippen LogP contribution in [0.25, 0.3) is 0 Å². The van der Waals surface area contributed by atoms with E-state index in [1.807, 2.05) is 12.1 Å². The zero-order chi connectivity index (χ0) is 19.3. The maximum Gasteiger partial charge on any atom is 0.151 e. The van der Waals surface area contributed by atoms with Gasteiger partial charge in [-0.15, -0.1) is 0 Å². The van der Waals surface area contributed by atoms with Crippen molar-refractivity contribution in [3.05, 3.63) is 76.9 Å². The summed E-state index contributed by atoms with van der Waals surface area (Å²) in [5.74, 6) is 1.81. The van der Waals surface area contributed by atoms with Crippen molar-refractivity contribution in [1.29, 1.82) is 0 Å². The third-order valence-electron chi connectivity index (χ3n) is 5.26. The molecule has 27 heavy (non-hydrogen) atoms. The Kier molecular flexibility index (Phi) is 4.03. The third-order valence-corrected chi connectivity index (χ3v) is 5.26. The molecule has 1 heterocycles. The molecule has 2 nitrogen and oxygen atoms in total. The summed E-state index contributed by atoms with van der Waals surface area (Å²) in [7, 11) is 0. The highest BCUT2D eigenvalue weighted by molar-refractivity contribution is 5.88. The van der Waals surface area contributed by atoms with Crippen LogP contribution in [0.3, 0.4) is 0 Å². The first-order valence-electron chi connectivity index (χ1n) is 9.55. The summed E-state index contributed by atoms with van der Waals surface area (Å²) in [6, 6.07) is 19.4. The summed E-state index contributed by atoms with van der Waals surface area (Å²) >= 11 is 0. The molecular weight excluding hydrogens is 330 g/mol. The summed E-state index contributed by atoms with van der Waals surface area (Å²) in [6.07, 6.45) is 0. The molecular formula is C25H27NO. The first-order valence-corrected chi connectivity index (χ1v) is 9.55. The molecule has 3 aromatic rings. The molecule has 0 radical (unpaired) electrons. The summed E-state index contributed by atoms with van der Waals surface area (Å²) in [6.45, 7) is 13.3. The number of nitrogens with zero attached hydrogens (tertiary/aromatic N) is 1. The predicted molar refractivity (Wildman–Crippen MR) is 114 cm³/mol. The minimum absolute atomic E-state index is 0.131. The predicted octanol–water partition coefficient (Wildman–Crippen LogP) is 7.48. The molecule has 3 aromatic carbocycles. The molecule has 0 bridgehead atoms. The summed E-state index contributed by atoms with van der Waals surface area (Å²) in [4.78, 5) is 2.35. The molecule has 0 spiro atoms. The second kappa shape index (κ2) is 6.16. The molecule has 2 heteroatoms. The first kappa shape index (κ1) is 17.7. The second-order valence-electron chi connectivity index (χ2n) is 8.59. The molecule has 0 amide bonds. The SMILES string of the molecule is Cc1ccc2c(c1)Oc1ccccc1N2c1c(C)cc(C(C)(C)C)cc1C. The van der Waals surface area contributed by atoms with E-state index in [1.54, 1.807) is 0 Å². The number of fused-ring (bicyclic) bond motifs is 2. The van der Waals surface area contributed by atoms with E-state index in [-0.39, 0.29) is 5.41 Å². The smallest absolute Gasteiger partial charge is 0.151 e. The fourth-order valence-electron chi connectivity index (χ4n) is 3.85. The van der Waals surface area contributed by atoms with Crippen LogP contribution in [0.5, 0.6) is 11.5 Å². The molecule has 138 valence electrons. The maximum atomic E-state index is 6.23. The molecule has 0 fully saturated rings. The van der Waals surface area contributed by atoms with Gasteiger partial charge < -0.3 is 9.64 Å². The van der Waals surface area contributed by atoms with E-state index in [0.29, 0.717) is 0 Å². The Morgan fingerprint density at radius 2 is 1.37 bits per heavy atom. The Hall–Kier alpha value is -2.74. The molecule has 4 rings (SSSR count). The van der Waals surface area contributed by atoms with Gasteiger partial charge in [0.25, 0.3) is 0 Å². The van der Waals surface area contributed by atoms with Crippen LogP contribution in [0.1, 0.15) is 43.0 Å². The fraction of sp³-hybridized carbons (Fsp3) is 0.280. The lowest BCUT2D eigenvalue weighted by molar-refractivity contribution is 0.476. The second-order valence-corrected chi connectivity index (χ2v) is 8.59. The molecule has 1 aliphatic rings. The van der Waals surface area contributed by atoms with Crippen LogP contribution < -0.4 is 9.64 Å². The van der Waals surface area contributed by atoms with Crippen molar-refractivity contribution in [2.75, 3.05) is 4.90 Å². The van der Waals surface area contributed by atoms with Gasteiger partial charge in [0.15, 0.2) is 11.5 Å². The van der Waals surface area contributed by atoms with Gasteiger partial charge in [0.1, 0.15) is 0 Å². The number of benzene rings is 3. The number of hydrogen-bond acceptors (Lipinski definition) is 2. The van der Waals surface area contributed by atoms with E-state index in [4.69, 9.17) is 4.74 Å². The minimum Gasteiger partial charge on any atom is -0.453 e. The highest BCUT2D eigenvalue weighted by Gasteiger charge is 2.28. The summed E-state index contributed by atoms with van der Waals surface area (Å²) in [5, 5.41) is 0. The van der Waals surface area contributed by atoms with E-state index in [0.717, 1.165) is 22.9 Å². The van der Waals surface area contributed by atoms with Crippen LogP contribution in [-0.4, -0.2) is 0 Å². The van der Waals surface area contributed by atoms with Crippen molar-refractivity contribution in [1.82, 2.24) is 0 Å². The zero-order valence-corrected chi connectivity index (χ0v) is 17.1. The van der Waals surface area contributed by atoms with Crippen LogP contribution in [0.2, 0.25) is 0 Å². The van der Waals surface area contributed by atoms with Crippen LogP contribution >= 0.6 is 0 Å². The number of hydrogen-bond donors (Lipinski definition) is 0. The van der Waals surface area contributed by atoms with E-state index in [2.05, 4.69) is 88.9 Å². The number of anilines is 3. The average Bonchev–Trinajstić information content (AvgIpc) is 2.59. The van der Waals surface area contributed by atoms with Gasteiger partial charge in [-0.25, -0.2) is 0 Å². The van der Waals surface area contributed by atoms with E-state index >= 15 is 0 Å². The Balaban J connectivity index is 1.97. The van der Waals surface area contributed by atoms with Crippen molar-refractivity contribution < 1.29 is 4.74 Å². The standard InChI is InChI=1S/C25H27NO/c1-16-11-12-21-23(13-16)27-22-10-8-7-9-20(22)26(21)24-17(2)14-19(15-18(24)3)25(4,5)6/h7-15H,1-6H3. The van der Waals surface area contributed by atoms with Crippen LogP contribution in [0.4, 0.5) is 17.1 Å². The zero-order valence-electron chi connectivity index (χ0n) is 17.1. The normalized spacial score (nSPS) is 13.0. The quantitative estimate of drug-likeness (QED) is 0.350. The lowest BCUT2D eigenvalue weighted by Crippen LogP contribution is -2.19. The molecule has 0 aliphatic carbocycles. The minimum atomic E-state index is 0.131. The van der Waals surface area contributed by atoms with Crippen LogP contribution in [-0.2, 0) is 5.41 Å². The molecule has 0 atom stereocenters. The van der Waals surface area contributed by atoms with Crippen LogP contribution in [0.15, 0.2) is 54.6 Å². The van der Waals surface area contributed by atoms with Gasteiger partial charge in [0.2, 0.25) is 0 Å². The number of ether oxygens (including phenoxy) is 1. The Labute approximate surface area is 162 Å².